The molecule has 0 aliphatic heterocycles. The van der Waals surface area contributed by atoms with Crippen LogP contribution in [0.3, 0.4) is 0 Å². The average Bonchev–Trinajstić information content (AvgIpc) is 3.72. The molecule has 216 valence electrons. The molecule has 0 bridgehead atoms. The maximum Gasteiger partial charge on any atom is 0.0716 e. The minimum atomic E-state index is 0.955. The fourth-order valence-corrected chi connectivity index (χ4v) is 7.83. The van der Waals surface area contributed by atoms with Crippen LogP contribution in [0.5, 0.6) is 0 Å². The standard InChI is InChI=1S/C43H28N2S/c1-4-13-29(14-5-1)34-26-37(30-15-6-2-7-16-30)44-38(27-34)32-19-12-20-35(25-32)45-39-22-11-10-21-36(39)42-40(45)24-23-33-28-41(46-43(33)42)31-17-8-3-9-18-31/h1-28H. The van der Waals surface area contributed by atoms with Crippen LogP contribution >= 0.6 is 11.3 Å². The Bertz CT molecular complexity index is 2450. The minimum Gasteiger partial charge on any atom is -0.309 e. The number of aromatic nitrogens is 2. The molecule has 0 aliphatic rings. The van der Waals surface area contributed by atoms with Crippen molar-refractivity contribution < 1.29 is 0 Å². The van der Waals surface area contributed by atoms with Crippen LogP contribution < -0.4 is 0 Å². The van der Waals surface area contributed by atoms with Gasteiger partial charge in [-0.1, -0.05) is 127 Å². The van der Waals surface area contributed by atoms with E-state index in [1.165, 1.54) is 47.9 Å². The van der Waals surface area contributed by atoms with Crippen molar-refractivity contribution in [3.63, 3.8) is 0 Å². The first kappa shape index (κ1) is 26.6. The lowest BCUT2D eigenvalue weighted by molar-refractivity contribution is 1.18. The zero-order valence-electron chi connectivity index (χ0n) is 25.0. The van der Waals surface area contributed by atoms with E-state index in [1.54, 1.807) is 0 Å². The normalized spacial score (nSPS) is 11.5. The average molecular weight is 605 g/mol. The summed E-state index contributed by atoms with van der Waals surface area (Å²) in [6.07, 6.45) is 0. The summed E-state index contributed by atoms with van der Waals surface area (Å²) in [6, 6.07) is 60.6. The molecule has 0 fully saturated rings. The van der Waals surface area contributed by atoms with Gasteiger partial charge in [0.25, 0.3) is 0 Å². The number of para-hydroxylation sites is 1. The van der Waals surface area contributed by atoms with Gasteiger partial charge in [0.2, 0.25) is 0 Å². The molecule has 3 aromatic heterocycles. The molecule has 0 radical (unpaired) electrons. The van der Waals surface area contributed by atoms with Gasteiger partial charge in [0.15, 0.2) is 0 Å². The van der Waals surface area contributed by atoms with E-state index in [4.69, 9.17) is 4.98 Å². The van der Waals surface area contributed by atoms with Crippen molar-refractivity contribution in [2.75, 3.05) is 0 Å². The summed E-state index contributed by atoms with van der Waals surface area (Å²) >= 11 is 1.88. The van der Waals surface area contributed by atoms with Gasteiger partial charge < -0.3 is 4.57 Å². The van der Waals surface area contributed by atoms with Gasteiger partial charge in [-0.05, 0) is 64.5 Å². The molecule has 2 nitrogen and oxygen atoms in total. The second-order valence-corrected chi connectivity index (χ2v) is 12.7. The molecule has 3 heteroatoms. The molecule has 9 rings (SSSR count). The van der Waals surface area contributed by atoms with Crippen LogP contribution in [0, 0.1) is 0 Å². The number of pyridine rings is 1. The van der Waals surface area contributed by atoms with E-state index in [0.717, 1.165) is 33.8 Å². The van der Waals surface area contributed by atoms with Crippen molar-refractivity contribution in [3.8, 4) is 49.8 Å². The highest BCUT2D eigenvalue weighted by Gasteiger charge is 2.18. The van der Waals surface area contributed by atoms with Crippen LogP contribution in [0.15, 0.2) is 170 Å². The van der Waals surface area contributed by atoms with E-state index in [-0.39, 0.29) is 0 Å². The number of hydrogen-bond acceptors (Lipinski definition) is 2. The van der Waals surface area contributed by atoms with Gasteiger partial charge >= 0.3 is 0 Å². The molecule has 0 amide bonds. The Labute approximate surface area is 271 Å². The molecule has 6 aromatic carbocycles. The molecular weight excluding hydrogens is 577 g/mol. The summed E-state index contributed by atoms with van der Waals surface area (Å²) in [5.41, 5.74) is 11.2. The molecule has 3 heterocycles. The Balaban J connectivity index is 1.24. The van der Waals surface area contributed by atoms with Crippen LogP contribution in [0.1, 0.15) is 0 Å². The lowest BCUT2D eigenvalue weighted by Gasteiger charge is -2.13. The van der Waals surface area contributed by atoms with Gasteiger partial charge in [-0.2, -0.15) is 0 Å². The van der Waals surface area contributed by atoms with E-state index in [9.17, 15) is 0 Å². The summed E-state index contributed by atoms with van der Waals surface area (Å²) < 4.78 is 3.74. The van der Waals surface area contributed by atoms with E-state index >= 15 is 0 Å². The monoisotopic (exact) mass is 604 g/mol. The highest BCUT2D eigenvalue weighted by atomic mass is 32.1. The number of thiophene rings is 1. The van der Waals surface area contributed by atoms with Crippen LogP contribution in [0.25, 0.3) is 81.7 Å². The van der Waals surface area contributed by atoms with Crippen molar-refractivity contribution >= 4 is 43.2 Å². The molecule has 0 unspecified atom stereocenters. The third-order valence-corrected chi connectivity index (χ3v) is 10.00. The molecule has 0 saturated carbocycles. The Morgan fingerprint density at radius 1 is 0.435 bits per heavy atom. The minimum absolute atomic E-state index is 0.955. The van der Waals surface area contributed by atoms with E-state index < -0.39 is 0 Å². The molecule has 0 aliphatic carbocycles. The second-order valence-electron chi connectivity index (χ2n) is 11.6. The summed E-state index contributed by atoms with van der Waals surface area (Å²) in [5, 5.41) is 3.86. The Hall–Kier alpha value is -5.77. The van der Waals surface area contributed by atoms with Crippen LogP contribution in [-0.2, 0) is 0 Å². The molecule has 0 spiro atoms. The SMILES string of the molecule is c1ccc(-c2cc(-c3ccccc3)nc(-c3cccc(-n4c5ccccc5c5c6sc(-c7ccccc7)cc6ccc54)c3)c2)cc1. The van der Waals surface area contributed by atoms with Crippen LogP contribution in [-0.4, -0.2) is 9.55 Å². The summed E-state index contributed by atoms with van der Waals surface area (Å²) in [7, 11) is 0. The summed E-state index contributed by atoms with van der Waals surface area (Å²) in [5.74, 6) is 0. The zero-order valence-corrected chi connectivity index (χ0v) is 25.8. The van der Waals surface area contributed by atoms with Crippen LogP contribution in [0.2, 0.25) is 0 Å². The Morgan fingerprint density at radius 2 is 1.07 bits per heavy atom. The lowest BCUT2D eigenvalue weighted by Crippen LogP contribution is -1.96. The third kappa shape index (κ3) is 4.52. The number of rotatable bonds is 5. The van der Waals surface area contributed by atoms with E-state index in [0.29, 0.717) is 0 Å². The van der Waals surface area contributed by atoms with E-state index in [1.807, 2.05) is 17.4 Å². The molecule has 0 atom stereocenters. The highest BCUT2D eigenvalue weighted by Crippen LogP contribution is 2.43. The highest BCUT2D eigenvalue weighted by molar-refractivity contribution is 7.23. The fourth-order valence-electron chi connectivity index (χ4n) is 6.61. The second kappa shape index (κ2) is 11.0. The molecular formula is C43H28N2S. The van der Waals surface area contributed by atoms with Crippen molar-refractivity contribution in [2.24, 2.45) is 0 Å². The molecule has 0 N–H and O–H groups in total. The maximum atomic E-state index is 5.21. The number of hydrogen-bond donors (Lipinski definition) is 0. The molecule has 9 aromatic rings. The van der Waals surface area contributed by atoms with Gasteiger partial charge in [-0.25, -0.2) is 4.98 Å². The number of benzene rings is 6. The molecule has 0 saturated heterocycles. The fraction of sp³-hybridized carbons (Fsp3) is 0. The van der Waals surface area contributed by atoms with Gasteiger partial charge in [-0.15, -0.1) is 11.3 Å². The van der Waals surface area contributed by atoms with Crippen molar-refractivity contribution in [2.45, 2.75) is 0 Å². The van der Waals surface area contributed by atoms with Crippen LogP contribution in [0.4, 0.5) is 0 Å². The topological polar surface area (TPSA) is 17.8 Å². The summed E-state index contributed by atoms with van der Waals surface area (Å²) in [6.45, 7) is 0. The smallest absolute Gasteiger partial charge is 0.0716 e. The van der Waals surface area contributed by atoms with Gasteiger partial charge in [-0.3, -0.25) is 0 Å². The van der Waals surface area contributed by atoms with Gasteiger partial charge in [0, 0.05) is 37.2 Å². The molecule has 46 heavy (non-hydrogen) atoms. The predicted molar refractivity (Wildman–Crippen MR) is 196 cm³/mol. The quantitative estimate of drug-likeness (QED) is 0.191. The first-order valence-corrected chi connectivity index (χ1v) is 16.4. The Kier molecular flexibility index (Phi) is 6.36. The van der Waals surface area contributed by atoms with E-state index in [2.05, 4.69) is 168 Å². The first-order valence-electron chi connectivity index (χ1n) is 15.5. The lowest BCUT2D eigenvalue weighted by atomic mass is 10.00. The third-order valence-electron chi connectivity index (χ3n) is 8.78. The summed E-state index contributed by atoms with van der Waals surface area (Å²) in [4.78, 5) is 6.50. The van der Waals surface area contributed by atoms with Crippen molar-refractivity contribution in [3.05, 3.63) is 170 Å². The number of nitrogens with zero attached hydrogens (tertiary/aromatic N) is 2. The predicted octanol–water partition coefficient (Wildman–Crippen LogP) is 12.1. The Morgan fingerprint density at radius 3 is 1.83 bits per heavy atom. The zero-order chi connectivity index (χ0) is 30.5. The number of fused-ring (bicyclic) bond motifs is 5. The first-order chi connectivity index (χ1) is 22.8. The van der Waals surface area contributed by atoms with Gasteiger partial charge in [0.1, 0.15) is 0 Å². The largest absolute Gasteiger partial charge is 0.309 e. The van der Waals surface area contributed by atoms with Crippen molar-refractivity contribution in [1.29, 1.82) is 0 Å². The van der Waals surface area contributed by atoms with Crippen molar-refractivity contribution in [1.82, 2.24) is 9.55 Å². The van der Waals surface area contributed by atoms with Gasteiger partial charge in [0.05, 0.1) is 22.4 Å². The maximum absolute atomic E-state index is 5.21.